The summed E-state index contributed by atoms with van der Waals surface area (Å²) in [4.78, 5) is 5.74. The molecule has 0 radical (unpaired) electrons. The van der Waals surface area contributed by atoms with Gasteiger partial charge in [-0.2, -0.15) is 0 Å². The van der Waals surface area contributed by atoms with E-state index in [9.17, 15) is 0 Å². The van der Waals surface area contributed by atoms with E-state index in [2.05, 4.69) is 17.1 Å². The number of nitrogens with two attached hydrogens (primary N) is 1. The molecule has 2 aromatic rings. The molecule has 1 aliphatic heterocycles. The lowest BCUT2D eigenvalue weighted by Gasteiger charge is -2.00. The predicted octanol–water partition coefficient (Wildman–Crippen LogP) is 2.51. The van der Waals surface area contributed by atoms with E-state index in [4.69, 9.17) is 10.5 Å². The largest absolute Gasteiger partial charge is 0.493 e. The van der Waals surface area contributed by atoms with Gasteiger partial charge in [0.1, 0.15) is 10.8 Å². The number of hydrogen-bond donors (Lipinski definition) is 1. The molecule has 2 heterocycles. The van der Waals surface area contributed by atoms with Gasteiger partial charge in [-0.3, -0.25) is 0 Å². The Balaban J connectivity index is 2.03. The maximum atomic E-state index is 5.68. The summed E-state index contributed by atoms with van der Waals surface area (Å²) in [6.45, 7) is 3.37. The Labute approximate surface area is 104 Å². The quantitative estimate of drug-likeness (QED) is 0.885. The number of nitrogens with zero attached hydrogens (tertiary/aromatic N) is 1. The second kappa shape index (κ2) is 4.13. The second-order valence-corrected chi connectivity index (χ2v) is 5.24. The zero-order valence-electron chi connectivity index (χ0n) is 9.69. The molecule has 0 saturated carbocycles. The van der Waals surface area contributed by atoms with Crippen LogP contribution in [0.15, 0.2) is 18.2 Å². The molecule has 17 heavy (non-hydrogen) atoms. The van der Waals surface area contributed by atoms with Crippen molar-refractivity contribution in [2.45, 2.75) is 19.9 Å². The van der Waals surface area contributed by atoms with Crippen molar-refractivity contribution in [3.63, 3.8) is 0 Å². The van der Waals surface area contributed by atoms with Crippen LogP contribution in [0.3, 0.4) is 0 Å². The highest BCUT2D eigenvalue weighted by Gasteiger charge is 2.14. The van der Waals surface area contributed by atoms with Gasteiger partial charge < -0.3 is 10.5 Å². The third-order valence-electron chi connectivity index (χ3n) is 3.01. The zero-order chi connectivity index (χ0) is 11.8. The SMILES string of the molecule is Cc1nc(-c2ccc3c(c2)CCO3)sc1CN. The van der Waals surface area contributed by atoms with Crippen LogP contribution < -0.4 is 10.5 Å². The van der Waals surface area contributed by atoms with Crippen molar-refractivity contribution in [1.29, 1.82) is 0 Å². The molecular weight excluding hydrogens is 232 g/mol. The molecule has 88 valence electrons. The smallest absolute Gasteiger partial charge is 0.123 e. The molecule has 0 atom stereocenters. The van der Waals surface area contributed by atoms with Gasteiger partial charge in [0.2, 0.25) is 0 Å². The van der Waals surface area contributed by atoms with Gasteiger partial charge in [-0.1, -0.05) is 0 Å². The maximum absolute atomic E-state index is 5.68. The number of ether oxygens (including phenoxy) is 1. The fourth-order valence-corrected chi connectivity index (χ4v) is 3.00. The summed E-state index contributed by atoms with van der Waals surface area (Å²) < 4.78 is 5.50. The van der Waals surface area contributed by atoms with Crippen LogP contribution in [-0.4, -0.2) is 11.6 Å². The first-order valence-corrected chi connectivity index (χ1v) is 6.52. The summed E-state index contributed by atoms with van der Waals surface area (Å²) in [5.74, 6) is 1.01. The van der Waals surface area contributed by atoms with Crippen LogP contribution in [0.2, 0.25) is 0 Å². The number of hydrogen-bond acceptors (Lipinski definition) is 4. The first kappa shape index (κ1) is 10.7. The van der Waals surface area contributed by atoms with E-state index in [0.717, 1.165) is 34.4 Å². The van der Waals surface area contributed by atoms with E-state index in [-0.39, 0.29) is 0 Å². The van der Waals surface area contributed by atoms with Crippen LogP contribution in [0, 0.1) is 6.92 Å². The van der Waals surface area contributed by atoms with Gasteiger partial charge in [0.25, 0.3) is 0 Å². The normalized spacial score (nSPS) is 13.5. The Morgan fingerprint density at radius 3 is 3.12 bits per heavy atom. The number of benzene rings is 1. The number of rotatable bonds is 2. The third-order valence-corrected chi connectivity index (χ3v) is 4.24. The van der Waals surface area contributed by atoms with Gasteiger partial charge in [-0.05, 0) is 30.7 Å². The van der Waals surface area contributed by atoms with E-state index in [1.165, 1.54) is 11.1 Å². The molecule has 0 spiro atoms. The van der Waals surface area contributed by atoms with Gasteiger partial charge in [-0.15, -0.1) is 11.3 Å². The van der Waals surface area contributed by atoms with E-state index in [0.29, 0.717) is 6.54 Å². The Hall–Kier alpha value is -1.39. The lowest BCUT2D eigenvalue weighted by atomic mass is 10.1. The monoisotopic (exact) mass is 246 g/mol. The zero-order valence-corrected chi connectivity index (χ0v) is 10.5. The first-order chi connectivity index (χ1) is 8.28. The van der Waals surface area contributed by atoms with Crippen LogP contribution in [-0.2, 0) is 13.0 Å². The van der Waals surface area contributed by atoms with Crippen LogP contribution in [0.25, 0.3) is 10.6 Å². The highest BCUT2D eigenvalue weighted by Crippen LogP contribution is 2.33. The maximum Gasteiger partial charge on any atom is 0.123 e. The summed E-state index contributed by atoms with van der Waals surface area (Å²) in [7, 11) is 0. The van der Waals surface area contributed by atoms with Gasteiger partial charge in [0, 0.05) is 23.4 Å². The van der Waals surface area contributed by atoms with Crippen LogP contribution in [0.1, 0.15) is 16.1 Å². The molecule has 1 aliphatic rings. The van der Waals surface area contributed by atoms with Crippen molar-refractivity contribution < 1.29 is 4.74 Å². The van der Waals surface area contributed by atoms with Crippen molar-refractivity contribution in [1.82, 2.24) is 4.98 Å². The van der Waals surface area contributed by atoms with Gasteiger partial charge in [0.05, 0.1) is 12.3 Å². The van der Waals surface area contributed by atoms with Crippen LogP contribution in [0.5, 0.6) is 5.75 Å². The Bertz CT molecular complexity index is 563. The number of aromatic nitrogens is 1. The van der Waals surface area contributed by atoms with Gasteiger partial charge in [-0.25, -0.2) is 4.98 Å². The standard InChI is InChI=1S/C13H14N2OS/c1-8-12(7-14)17-13(15-8)10-2-3-11-9(6-10)4-5-16-11/h2-3,6H,4-5,7,14H2,1H3. The average Bonchev–Trinajstić information content (AvgIpc) is 2.93. The highest BCUT2D eigenvalue weighted by atomic mass is 32.1. The summed E-state index contributed by atoms with van der Waals surface area (Å²) >= 11 is 1.68. The van der Waals surface area contributed by atoms with Crippen molar-refractivity contribution >= 4 is 11.3 Å². The highest BCUT2D eigenvalue weighted by molar-refractivity contribution is 7.15. The lowest BCUT2D eigenvalue weighted by Crippen LogP contribution is -1.94. The fourth-order valence-electron chi connectivity index (χ4n) is 2.06. The minimum absolute atomic E-state index is 0.567. The molecule has 3 rings (SSSR count). The molecule has 1 aromatic carbocycles. The van der Waals surface area contributed by atoms with Gasteiger partial charge in [0.15, 0.2) is 0 Å². The Morgan fingerprint density at radius 1 is 1.47 bits per heavy atom. The Morgan fingerprint density at radius 2 is 2.35 bits per heavy atom. The minimum atomic E-state index is 0.567. The van der Waals surface area contributed by atoms with Crippen LogP contribution in [0.4, 0.5) is 0 Å². The van der Waals surface area contributed by atoms with E-state index in [1.807, 2.05) is 13.0 Å². The number of thiazole rings is 1. The van der Waals surface area contributed by atoms with E-state index in [1.54, 1.807) is 11.3 Å². The van der Waals surface area contributed by atoms with Crippen molar-refractivity contribution in [3.05, 3.63) is 34.3 Å². The molecule has 4 heteroatoms. The molecule has 2 N–H and O–H groups in total. The fraction of sp³-hybridized carbons (Fsp3) is 0.308. The molecule has 0 bridgehead atoms. The summed E-state index contributed by atoms with van der Waals surface area (Å²) in [6, 6.07) is 6.29. The average molecular weight is 246 g/mol. The first-order valence-electron chi connectivity index (χ1n) is 5.70. The van der Waals surface area contributed by atoms with E-state index >= 15 is 0 Å². The van der Waals surface area contributed by atoms with E-state index < -0.39 is 0 Å². The molecule has 0 saturated heterocycles. The van der Waals surface area contributed by atoms with Gasteiger partial charge >= 0.3 is 0 Å². The second-order valence-electron chi connectivity index (χ2n) is 4.15. The molecule has 3 nitrogen and oxygen atoms in total. The number of fused-ring (bicyclic) bond motifs is 1. The van der Waals surface area contributed by atoms with Crippen molar-refractivity contribution in [2.24, 2.45) is 5.73 Å². The summed E-state index contributed by atoms with van der Waals surface area (Å²) in [5.41, 5.74) is 9.18. The third kappa shape index (κ3) is 1.83. The molecule has 1 aromatic heterocycles. The predicted molar refractivity (Wildman–Crippen MR) is 69.4 cm³/mol. The number of aryl methyl sites for hydroxylation is 1. The molecule has 0 fully saturated rings. The summed E-state index contributed by atoms with van der Waals surface area (Å²) in [5, 5.41) is 1.05. The topological polar surface area (TPSA) is 48.1 Å². The molecular formula is C13H14N2OS. The molecule has 0 amide bonds. The van der Waals surface area contributed by atoms with Crippen molar-refractivity contribution in [3.8, 4) is 16.3 Å². The Kier molecular flexibility index (Phi) is 2.61. The van der Waals surface area contributed by atoms with Crippen molar-refractivity contribution in [2.75, 3.05) is 6.61 Å². The molecule has 0 unspecified atom stereocenters. The summed E-state index contributed by atoms with van der Waals surface area (Å²) in [6.07, 6.45) is 0.997. The minimum Gasteiger partial charge on any atom is -0.493 e. The van der Waals surface area contributed by atoms with Crippen LogP contribution >= 0.6 is 11.3 Å². The molecule has 0 aliphatic carbocycles. The lowest BCUT2D eigenvalue weighted by molar-refractivity contribution is 0.357.